The minimum atomic E-state index is -0.741. The first-order valence-electron chi connectivity index (χ1n) is 6.39. The third kappa shape index (κ3) is 2.42. The quantitative estimate of drug-likeness (QED) is 0.864. The van der Waals surface area contributed by atoms with Crippen molar-refractivity contribution in [2.75, 3.05) is 12.3 Å². The Hall–Kier alpha value is -2.57. The molecule has 0 saturated heterocycles. The first-order chi connectivity index (χ1) is 10.1. The Morgan fingerprint density at radius 2 is 2.10 bits per heavy atom. The van der Waals surface area contributed by atoms with Crippen molar-refractivity contribution in [1.82, 2.24) is 14.9 Å². The average Bonchev–Trinajstić information content (AvgIpc) is 2.49. The van der Waals surface area contributed by atoms with Crippen molar-refractivity contribution < 1.29 is 13.6 Å². The number of rotatable bonds is 1. The molecule has 21 heavy (non-hydrogen) atoms. The molecule has 2 aromatic rings. The smallest absolute Gasteiger partial charge is 0.257 e. The van der Waals surface area contributed by atoms with E-state index in [1.807, 2.05) is 0 Å². The molecule has 0 aliphatic carbocycles. The zero-order chi connectivity index (χ0) is 15.0. The lowest BCUT2D eigenvalue weighted by Crippen LogP contribution is -2.37. The molecule has 2 heterocycles. The Labute approximate surface area is 119 Å². The zero-order valence-electron chi connectivity index (χ0n) is 11.0. The van der Waals surface area contributed by atoms with Gasteiger partial charge in [0.1, 0.15) is 23.8 Å². The molecule has 0 bridgehead atoms. The second-order valence-corrected chi connectivity index (χ2v) is 4.79. The van der Waals surface area contributed by atoms with Crippen molar-refractivity contribution >= 4 is 11.7 Å². The van der Waals surface area contributed by atoms with Crippen LogP contribution in [0.25, 0.3) is 0 Å². The minimum Gasteiger partial charge on any atom is -0.383 e. The number of fused-ring (bicyclic) bond motifs is 1. The van der Waals surface area contributed by atoms with Crippen LogP contribution in [0, 0.1) is 11.6 Å². The number of hydrogen-bond donors (Lipinski definition) is 1. The number of carbonyl (C=O) groups is 1. The van der Waals surface area contributed by atoms with Gasteiger partial charge in [0.2, 0.25) is 0 Å². The molecule has 0 radical (unpaired) electrons. The predicted octanol–water partition coefficient (Wildman–Crippen LogP) is 1.54. The number of nitrogens with two attached hydrogens (primary N) is 1. The van der Waals surface area contributed by atoms with Gasteiger partial charge in [-0.3, -0.25) is 4.79 Å². The first-order valence-corrected chi connectivity index (χ1v) is 6.39. The van der Waals surface area contributed by atoms with Crippen LogP contribution < -0.4 is 5.73 Å². The number of anilines is 1. The van der Waals surface area contributed by atoms with E-state index in [-0.39, 0.29) is 12.1 Å². The van der Waals surface area contributed by atoms with Gasteiger partial charge in [-0.25, -0.2) is 18.7 Å². The lowest BCUT2D eigenvalue weighted by atomic mass is 10.0. The number of carbonyl (C=O) groups excluding carboxylic acids is 1. The number of amides is 1. The van der Waals surface area contributed by atoms with Crippen LogP contribution in [0.3, 0.4) is 0 Å². The van der Waals surface area contributed by atoms with Crippen molar-refractivity contribution in [1.29, 1.82) is 0 Å². The Morgan fingerprint density at radius 1 is 1.29 bits per heavy atom. The molecule has 3 rings (SSSR count). The molecule has 108 valence electrons. The van der Waals surface area contributed by atoms with Crippen LogP contribution in [0.2, 0.25) is 0 Å². The van der Waals surface area contributed by atoms with Gasteiger partial charge in [-0.1, -0.05) is 0 Å². The number of hydrogen-bond acceptors (Lipinski definition) is 4. The highest BCUT2D eigenvalue weighted by Crippen LogP contribution is 2.22. The fourth-order valence-corrected chi connectivity index (χ4v) is 2.38. The van der Waals surface area contributed by atoms with Gasteiger partial charge in [-0.2, -0.15) is 0 Å². The molecule has 7 heteroatoms. The van der Waals surface area contributed by atoms with E-state index in [1.54, 1.807) is 0 Å². The molecule has 1 amide bonds. The lowest BCUT2D eigenvalue weighted by Gasteiger charge is -2.28. The summed E-state index contributed by atoms with van der Waals surface area (Å²) in [5.74, 6) is -1.56. The number of nitrogen functional groups attached to an aromatic ring is 1. The fraction of sp³-hybridized carbons (Fsp3) is 0.214. The molecule has 0 atom stereocenters. The van der Waals surface area contributed by atoms with Crippen molar-refractivity contribution in [3.8, 4) is 0 Å². The maximum Gasteiger partial charge on any atom is 0.257 e. The van der Waals surface area contributed by atoms with E-state index in [0.717, 1.165) is 23.8 Å². The maximum atomic E-state index is 13.7. The number of aromatic nitrogens is 2. The standard InChI is InChI=1S/C14H12F2N4O/c15-8-1-2-11(16)10(5-8)14(21)20-4-3-9-12(6-20)18-7-19-13(9)17/h1-2,5,7H,3-4,6H2,(H2,17,18,19). The zero-order valence-corrected chi connectivity index (χ0v) is 11.0. The molecule has 5 nitrogen and oxygen atoms in total. The van der Waals surface area contributed by atoms with E-state index in [2.05, 4.69) is 9.97 Å². The number of benzene rings is 1. The van der Waals surface area contributed by atoms with Crippen LogP contribution >= 0.6 is 0 Å². The van der Waals surface area contributed by atoms with Crippen LogP contribution in [-0.4, -0.2) is 27.3 Å². The van der Waals surface area contributed by atoms with Crippen molar-refractivity contribution in [3.05, 3.63) is 53.0 Å². The largest absolute Gasteiger partial charge is 0.383 e. The average molecular weight is 290 g/mol. The van der Waals surface area contributed by atoms with E-state index in [9.17, 15) is 13.6 Å². The van der Waals surface area contributed by atoms with E-state index < -0.39 is 17.5 Å². The first kappa shape index (κ1) is 13.4. The molecule has 1 aliphatic rings. The van der Waals surface area contributed by atoms with Gasteiger partial charge in [-0.05, 0) is 24.6 Å². The SMILES string of the molecule is Nc1ncnc2c1CCN(C(=O)c1cc(F)ccc1F)C2. The van der Waals surface area contributed by atoms with Crippen molar-refractivity contribution in [3.63, 3.8) is 0 Å². The van der Waals surface area contributed by atoms with E-state index in [1.165, 1.54) is 11.2 Å². The monoisotopic (exact) mass is 290 g/mol. The van der Waals surface area contributed by atoms with Gasteiger partial charge < -0.3 is 10.6 Å². The maximum absolute atomic E-state index is 13.7. The van der Waals surface area contributed by atoms with Gasteiger partial charge in [-0.15, -0.1) is 0 Å². The molecule has 1 aliphatic heterocycles. The summed E-state index contributed by atoms with van der Waals surface area (Å²) in [5, 5.41) is 0. The highest BCUT2D eigenvalue weighted by Gasteiger charge is 2.26. The Morgan fingerprint density at radius 3 is 2.90 bits per heavy atom. The molecule has 0 spiro atoms. The van der Waals surface area contributed by atoms with Gasteiger partial charge in [0.15, 0.2) is 0 Å². The van der Waals surface area contributed by atoms with E-state index >= 15 is 0 Å². The summed E-state index contributed by atoms with van der Waals surface area (Å²) in [6.07, 6.45) is 1.82. The van der Waals surface area contributed by atoms with Crippen LogP contribution in [0.4, 0.5) is 14.6 Å². The minimum absolute atomic E-state index is 0.205. The van der Waals surface area contributed by atoms with Gasteiger partial charge in [0, 0.05) is 12.1 Å². The summed E-state index contributed by atoms with van der Waals surface area (Å²) < 4.78 is 26.9. The molecular formula is C14H12F2N4O. The van der Waals surface area contributed by atoms with E-state index in [4.69, 9.17) is 5.73 Å². The molecule has 2 N–H and O–H groups in total. The third-order valence-electron chi connectivity index (χ3n) is 3.49. The predicted molar refractivity (Wildman–Crippen MR) is 71.2 cm³/mol. The summed E-state index contributed by atoms with van der Waals surface area (Å²) in [7, 11) is 0. The highest BCUT2D eigenvalue weighted by molar-refractivity contribution is 5.94. The highest BCUT2D eigenvalue weighted by atomic mass is 19.1. The number of halogens is 2. The molecule has 0 saturated carbocycles. The second kappa shape index (κ2) is 5.08. The van der Waals surface area contributed by atoms with Gasteiger partial charge in [0.05, 0.1) is 17.8 Å². The third-order valence-corrected chi connectivity index (χ3v) is 3.49. The van der Waals surface area contributed by atoms with Crippen LogP contribution in [0.5, 0.6) is 0 Å². The van der Waals surface area contributed by atoms with Gasteiger partial charge >= 0.3 is 0 Å². The van der Waals surface area contributed by atoms with E-state index in [0.29, 0.717) is 24.5 Å². The Balaban J connectivity index is 1.89. The molecular weight excluding hydrogens is 278 g/mol. The Bertz CT molecular complexity index is 720. The van der Waals surface area contributed by atoms with Gasteiger partial charge in [0.25, 0.3) is 5.91 Å². The summed E-state index contributed by atoms with van der Waals surface area (Å²) >= 11 is 0. The summed E-state index contributed by atoms with van der Waals surface area (Å²) in [6.45, 7) is 0.566. The van der Waals surface area contributed by atoms with Crippen molar-refractivity contribution in [2.24, 2.45) is 0 Å². The topological polar surface area (TPSA) is 72.1 Å². The number of nitrogens with zero attached hydrogens (tertiary/aromatic N) is 3. The Kier molecular flexibility index (Phi) is 3.25. The van der Waals surface area contributed by atoms with Crippen molar-refractivity contribution in [2.45, 2.75) is 13.0 Å². The summed E-state index contributed by atoms with van der Waals surface area (Å²) in [4.78, 5) is 21.7. The van der Waals surface area contributed by atoms with Crippen LogP contribution in [-0.2, 0) is 13.0 Å². The molecule has 1 aromatic carbocycles. The second-order valence-electron chi connectivity index (χ2n) is 4.79. The van der Waals surface area contributed by atoms with Crippen LogP contribution in [0.1, 0.15) is 21.6 Å². The fourth-order valence-electron chi connectivity index (χ4n) is 2.38. The summed E-state index contributed by atoms with van der Waals surface area (Å²) in [5.41, 5.74) is 6.92. The lowest BCUT2D eigenvalue weighted by molar-refractivity contribution is 0.0726. The normalized spacial score (nSPS) is 13.9. The molecule has 0 unspecified atom stereocenters. The molecule has 0 fully saturated rings. The summed E-state index contributed by atoms with van der Waals surface area (Å²) in [6, 6.07) is 2.83. The van der Waals surface area contributed by atoms with Crippen LogP contribution in [0.15, 0.2) is 24.5 Å². The molecule has 1 aromatic heterocycles.